The first-order valence-electron chi connectivity index (χ1n) is 9.12. The van der Waals surface area contributed by atoms with Crippen LogP contribution in [0.15, 0.2) is 55.8 Å². The predicted octanol–water partition coefficient (Wildman–Crippen LogP) is 1.95. The highest BCUT2D eigenvalue weighted by atomic mass is 32.2. The van der Waals surface area contributed by atoms with Crippen molar-refractivity contribution >= 4 is 32.5 Å². The van der Waals surface area contributed by atoms with Gasteiger partial charge in [0.15, 0.2) is 0 Å². The summed E-state index contributed by atoms with van der Waals surface area (Å²) in [5, 5.41) is 2.58. The average molecular weight is 433 g/mol. The van der Waals surface area contributed by atoms with Gasteiger partial charge in [0.2, 0.25) is 15.7 Å². The molecule has 0 aliphatic heterocycles. The van der Waals surface area contributed by atoms with Crippen LogP contribution in [0.4, 0.5) is 10.1 Å². The maximum atomic E-state index is 13.3. The van der Waals surface area contributed by atoms with Crippen molar-refractivity contribution in [3.63, 3.8) is 0 Å². The van der Waals surface area contributed by atoms with E-state index in [-0.39, 0.29) is 32.9 Å². The minimum Gasteiger partial charge on any atom is -0.325 e. The van der Waals surface area contributed by atoms with Crippen LogP contribution in [0.25, 0.3) is 11.0 Å². The van der Waals surface area contributed by atoms with Crippen molar-refractivity contribution < 1.29 is 17.6 Å². The number of anilines is 1. The molecule has 0 unspecified atom stereocenters. The highest BCUT2D eigenvalue weighted by Gasteiger charge is 2.25. The zero-order chi connectivity index (χ0) is 22.2. The number of halogens is 1. The number of rotatable bonds is 5. The summed E-state index contributed by atoms with van der Waals surface area (Å²) < 4.78 is 42.0. The molecule has 3 aromatic rings. The van der Waals surface area contributed by atoms with E-state index >= 15 is 0 Å². The average Bonchev–Trinajstić information content (AvgIpc) is 2.70. The van der Waals surface area contributed by atoms with Crippen molar-refractivity contribution in [1.29, 1.82) is 0 Å². The molecule has 8 nitrogen and oxygen atoms in total. The van der Waals surface area contributed by atoms with Crippen LogP contribution in [0, 0.1) is 5.82 Å². The van der Waals surface area contributed by atoms with Crippen molar-refractivity contribution in [3.8, 4) is 0 Å². The Kier molecular flexibility index (Phi) is 5.62. The molecule has 0 aliphatic carbocycles. The largest absolute Gasteiger partial charge is 0.325 e. The van der Waals surface area contributed by atoms with E-state index in [2.05, 4.69) is 5.32 Å². The van der Waals surface area contributed by atoms with Crippen LogP contribution in [0.3, 0.4) is 0 Å². The molecular weight excluding hydrogens is 413 g/mol. The maximum absolute atomic E-state index is 13.3. The fourth-order valence-electron chi connectivity index (χ4n) is 3.10. The monoisotopic (exact) mass is 433 g/mol. The number of aromatic nitrogens is 2. The first-order valence-corrected chi connectivity index (χ1v) is 10.6. The summed E-state index contributed by atoms with van der Waals surface area (Å²) in [7, 11) is -1.43. The van der Waals surface area contributed by atoms with Crippen LogP contribution in [0.1, 0.15) is 19.8 Å². The molecule has 1 heterocycles. The van der Waals surface area contributed by atoms with Gasteiger partial charge >= 0.3 is 11.1 Å². The van der Waals surface area contributed by atoms with Gasteiger partial charge in [0, 0.05) is 20.5 Å². The minimum absolute atomic E-state index is 0.0288. The summed E-state index contributed by atoms with van der Waals surface area (Å²) in [4.78, 5) is 36.1. The van der Waals surface area contributed by atoms with Crippen molar-refractivity contribution in [1.82, 2.24) is 9.13 Å². The molecule has 2 aromatic carbocycles. The Bertz CT molecular complexity index is 1370. The van der Waals surface area contributed by atoms with E-state index in [0.717, 1.165) is 33.4 Å². The van der Waals surface area contributed by atoms with E-state index in [9.17, 15) is 27.2 Å². The van der Waals surface area contributed by atoms with Crippen molar-refractivity contribution in [2.75, 3.05) is 5.32 Å². The number of aryl methyl sites for hydroxylation is 2. The molecule has 0 saturated heterocycles. The molecule has 0 fully saturated rings. The molecule has 3 rings (SSSR count). The number of sulfone groups is 1. The molecule has 0 spiro atoms. The van der Waals surface area contributed by atoms with Gasteiger partial charge in [-0.15, -0.1) is 0 Å². The van der Waals surface area contributed by atoms with Gasteiger partial charge in [-0.05, 0) is 42.8 Å². The van der Waals surface area contributed by atoms with Gasteiger partial charge in [-0.1, -0.05) is 6.92 Å². The Hall–Kier alpha value is -3.27. The number of fused-ring (bicyclic) bond motifs is 1. The van der Waals surface area contributed by atoms with E-state index in [4.69, 9.17) is 0 Å². The van der Waals surface area contributed by atoms with Crippen LogP contribution in [0.2, 0.25) is 0 Å². The molecule has 1 aromatic heterocycles. The Labute approximate surface area is 171 Å². The zero-order valence-corrected chi connectivity index (χ0v) is 17.4. The van der Waals surface area contributed by atoms with E-state index < -0.39 is 32.7 Å². The lowest BCUT2D eigenvalue weighted by atomic mass is 10.2. The number of hydrogen-bond donors (Lipinski definition) is 1. The quantitative estimate of drug-likeness (QED) is 0.489. The SMILES string of the molecule is CCCC(=O)Nc1cc2c(cc1S(=O)(=O)c1ccc(F)cc1)n(C)c(=O)c(=O)n2C. The number of hydrogen-bond acceptors (Lipinski definition) is 5. The number of benzene rings is 2. The second-order valence-electron chi connectivity index (χ2n) is 6.82. The molecule has 1 amide bonds. The molecular formula is C20H20FN3O5S. The van der Waals surface area contributed by atoms with E-state index in [1.54, 1.807) is 6.92 Å². The van der Waals surface area contributed by atoms with E-state index in [1.807, 2.05) is 0 Å². The smallest absolute Gasteiger partial charge is 0.316 e. The first kappa shape index (κ1) is 21.4. The van der Waals surface area contributed by atoms with Crippen molar-refractivity contribution in [3.05, 3.63) is 62.9 Å². The fraction of sp³-hybridized carbons (Fsp3) is 0.250. The Morgan fingerprint density at radius 3 is 2.07 bits per heavy atom. The number of carbonyl (C=O) groups excluding carboxylic acids is 1. The van der Waals surface area contributed by atoms with Crippen LogP contribution < -0.4 is 16.4 Å². The van der Waals surface area contributed by atoms with Crippen LogP contribution >= 0.6 is 0 Å². The molecule has 0 atom stereocenters. The summed E-state index contributed by atoms with van der Waals surface area (Å²) in [5.41, 5.74) is -1.18. The number of carbonyl (C=O) groups is 1. The van der Waals surface area contributed by atoms with Crippen LogP contribution in [-0.2, 0) is 28.7 Å². The van der Waals surface area contributed by atoms with Crippen molar-refractivity contribution in [2.24, 2.45) is 14.1 Å². The second-order valence-corrected chi connectivity index (χ2v) is 8.74. The Morgan fingerprint density at radius 1 is 1.00 bits per heavy atom. The summed E-state index contributed by atoms with van der Waals surface area (Å²) >= 11 is 0. The first-order chi connectivity index (χ1) is 14.1. The predicted molar refractivity (Wildman–Crippen MR) is 110 cm³/mol. The molecule has 10 heteroatoms. The van der Waals surface area contributed by atoms with Gasteiger partial charge < -0.3 is 14.5 Å². The van der Waals surface area contributed by atoms with Crippen molar-refractivity contribution in [2.45, 2.75) is 29.6 Å². The highest BCUT2D eigenvalue weighted by Crippen LogP contribution is 2.31. The topological polar surface area (TPSA) is 107 Å². The molecule has 1 N–H and O–H groups in total. The molecule has 30 heavy (non-hydrogen) atoms. The molecule has 0 bridgehead atoms. The van der Waals surface area contributed by atoms with Gasteiger partial charge in [0.05, 0.1) is 26.5 Å². The molecule has 0 radical (unpaired) electrons. The third kappa shape index (κ3) is 3.65. The number of amides is 1. The van der Waals surface area contributed by atoms with Gasteiger partial charge in [-0.3, -0.25) is 14.4 Å². The zero-order valence-electron chi connectivity index (χ0n) is 16.6. The van der Waals surface area contributed by atoms with Gasteiger partial charge in [-0.25, -0.2) is 12.8 Å². The molecule has 0 saturated carbocycles. The summed E-state index contributed by atoms with van der Waals surface area (Å²) in [6.07, 6.45) is 0.715. The van der Waals surface area contributed by atoms with Gasteiger partial charge in [0.25, 0.3) is 0 Å². The number of nitrogens with one attached hydrogen (secondary N) is 1. The van der Waals surface area contributed by atoms with Crippen LogP contribution in [-0.4, -0.2) is 23.5 Å². The molecule has 0 aliphatic rings. The maximum Gasteiger partial charge on any atom is 0.316 e. The second kappa shape index (κ2) is 7.86. The van der Waals surface area contributed by atoms with E-state index in [0.29, 0.717) is 6.42 Å². The summed E-state index contributed by atoms with van der Waals surface area (Å²) in [6, 6.07) is 6.85. The van der Waals surface area contributed by atoms with Gasteiger partial charge in [0.1, 0.15) is 5.82 Å². The number of nitrogens with zero attached hydrogens (tertiary/aromatic N) is 2. The molecule has 158 valence electrons. The third-order valence-corrected chi connectivity index (χ3v) is 6.57. The van der Waals surface area contributed by atoms with E-state index in [1.165, 1.54) is 26.2 Å². The summed E-state index contributed by atoms with van der Waals surface area (Å²) in [5.74, 6) is -0.997. The lowest BCUT2D eigenvalue weighted by Crippen LogP contribution is -2.39. The van der Waals surface area contributed by atoms with Gasteiger partial charge in [-0.2, -0.15) is 0 Å². The summed E-state index contributed by atoms with van der Waals surface area (Å²) in [6.45, 7) is 1.80. The fourth-order valence-corrected chi connectivity index (χ4v) is 4.52. The Morgan fingerprint density at radius 2 is 1.53 bits per heavy atom. The normalized spacial score (nSPS) is 11.6. The lowest BCUT2D eigenvalue weighted by Gasteiger charge is -2.16. The third-order valence-electron chi connectivity index (χ3n) is 4.76. The minimum atomic E-state index is -4.18. The Balaban J connectivity index is 2.37. The van der Waals surface area contributed by atoms with Crippen LogP contribution in [0.5, 0.6) is 0 Å². The lowest BCUT2D eigenvalue weighted by molar-refractivity contribution is -0.116. The highest BCUT2D eigenvalue weighted by molar-refractivity contribution is 7.91. The standard InChI is InChI=1S/C20H20FN3O5S/c1-4-5-18(25)22-14-10-15-16(24(3)20(27)19(26)23(15)2)11-17(14)30(28,29)13-8-6-12(21)7-9-13/h6-11H,4-5H2,1-3H3,(H,22,25).